The first-order valence-electron chi connectivity index (χ1n) is 6.95. The fourth-order valence-electron chi connectivity index (χ4n) is 2.27. The number of rotatable bonds is 4. The van der Waals surface area contributed by atoms with Crippen molar-refractivity contribution in [3.05, 3.63) is 47.2 Å². The highest BCUT2D eigenvalue weighted by molar-refractivity contribution is 7.99. The number of imidazole rings is 1. The molecule has 0 aliphatic heterocycles. The zero-order valence-corrected chi connectivity index (χ0v) is 13.0. The third-order valence-electron chi connectivity index (χ3n) is 3.33. The van der Waals surface area contributed by atoms with E-state index in [1.807, 2.05) is 12.3 Å². The largest absolute Gasteiger partial charge is 0.333 e. The molecule has 4 nitrogen and oxygen atoms in total. The number of fused-ring (bicyclic) bond motifs is 1. The lowest BCUT2D eigenvalue weighted by molar-refractivity contribution is 0.933. The van der Waals surface area contributed by atoms with Gasteiger partial charge in [-0.1, -0.05) is 12.1 Å². The summed E-state index contributed by atoms with van der Waals surface area (Å²) in [6.45, 7) is 4.80. The minimum atomic E-state index is 0.649. The van der Waals surface area contributed by atoms with Crippen LogP contribution in [0.4, 0.5) is 0 Å². The fourth-order valence-corrected chi connectivity index (χ4v) is 3.08. The maximum atomic E-state index is 5.58. The molecule has 0 atom stereocenters. The number of aromatic amines is 1. The lowest BCUT2D eigenvalue weighted by Crippen LogP contribution is -2.03. The minimum Gasteiger partial charge on any atom is -0.333 e. The van der Waals surface area contributed by atoms with Crippen LogP contribution in [0.25, 0.3) is 11.0 Å². The molecule has 0 unspecified atom stereocenters. The van der Waals surface area contributed by atoms with Gasteiger partial charge in [-0.25, -0.2) is 9.97 Å². The number of benzene rings is 1. The SMILES string of the molecule is Cc1ccc2nc(Sc3ncc(CCN)cc3C)[nH]c2c1. The number of pyridine rings is 1. The van der Waals surface area contributed by atoms with Gasteiger partial charge in [-0.15, -0.1) is 0 Å². The Labute approximate surface area is 128 Å². The fraction of sp³-hybridized carbons (Fsp3) is 0.250. The molecule has 0 aliphatic carbocycles. The van der Waals surface area contributed by atoms with Crippen LogP contribution in [0.5, 0.6) is 0 Å². The number of nitrogens with two attached hydrogens (primary N) is 1. The number of hydrogen-bond acceptors (Lipinski definition) is 4. The summed E-state index contributed by atoms with van der Waals surface area (Å²) in [5, 5.41) is 1.85. The Morgan fingerprint density at radius 2 is 2.10 bits per heavy atom. The van der Waals surface area contributed by atoms with Crippen LogP contribution < -0.4 is 5.73 Å². The molecule has 3 aromatic rings. The molecule has 3 N–H and O–H groups in total. The van der Waals surface area contributed by atoms with E-state index in [0.717, 1.165) is 33.2 Å². The summed E-state index contributed by atoms with van der Waals surface area (Å²) in [5.74, 6) is 0. The summed E-state index contributed by atoms with van der Waals surface area (Å²) >= 11 is 1.56. The predicted molar refractivity (Wildman–Crippen MR) is 86.7 cm³/mol. The normalized spacial score (nSPS) is 11.2. The van der Waals surface area contributed by atoms with Gasteiger partial charge in [-0.2, -0.15) is 0 Å². The van der Waals surface area contributed by atoms with E-state index in [9.17, 15) is 0 Å². The molecule has 3 rings (SSSR count). The molecule has 108 valence electrons. The molecule has 21 heavy (non-hydrogen) atoms. The Hall–Kier alpha value is -1.85. The number of nitrogens with zero attached hydrogens (tertiary/aromatic N) is 2. The van der Waals surface area contributed by atoms with Gasteiger partial charge in [0.2, 0.25) is 0 Å². The first-order chi connectivity index (χ1) is 10.2. The molecule has 0 aliphatic rings. The van der Waals surface area contributed by atoms with Gasteiger partial charge in [-0.05, 0) is 67.4 Å². The average Bonchev–Trinajstić information content (AvgIpc) is 2.83. The Balaban J connectivity index is 1.87. The van der Waals surface area contributed by atoms with E-state index in [-0.39, 0.29) is 0 Å². The third-order valence-corrected chi connectivity index (χ3v) is 4.34. The summed E-state index contributed by atoms with van der Waals surface area (Å²) in [6.07, 6.45) is 2.76. The van der Waals surface area contributed by atoms with Crippen LogP contribution in [-0.4, -0.2) is 21.5 Å². The van der Waals surface area contributed by atoms with Gasteiger partial charge in [0.25, 0.3) is 0 Å². The molecule has 0 saturated heterocycles. The van der Waals surface area contributed by atoms with Crippen LogP contribution >= 0.6 is 11.8 Å². The van der Waals surface area contributed by atoms with Gasteiger partial charge in [0.1, 0.15) is 5.03 Å². The van der Waals surface area contributed by atoms with Gasteiger partial charge >= 0.3 is 0 Å². The number of aromatic nitrogens is 3. The smallest absolute Gasteiger partial charge is 0.172 e. The molecule has 2 aromatic heterocycles. The van der Waals surface area contributed by atoms with Gasteiger partial charge in [0.15, 0.2) is 5.16 Å². The third kappa shape index (κ3) is 3.09. The molecule has 2 heterocycles. The van der Waals surface area contributed by atoms with Crippen molar-refractivity contribution in [3.8, 4) is 0 Å². The highest BCUT2D eigenvalue weighted by atomic mass is 32.2. The molecule has 0 amide bonds. The second-order valence-electron chi connectivity index (χ2n) is 5.17. The van der Waals surface area contributed by atoms with E-state index in [2.05, 4.69) is 47.0 Å². The van der Waals surface area contributed by atoms with Gasteiger partial charge in [0, 0.05) is 6.20 Å². The molecule has 0 saturated carbocycles. The zero-order valence-electron chi connectivity index (χ0n) is 12.2. The van der Waals surface area contributed by atoms with Crippen molar-refractivity contribution in [1.82, 2.24) is 15.0 Å². The number of aryl methyl sites for hydroxylation is 2. The maximum Gasteiger partial charge on any atom is 0.172 e. The Morgan fingerprint density at radius 1 is 1.24 bits per heavy atom. The van der Waals surface area contributed by atoms with E-state index < -0.39 is 0 Å². The predicted octanol–water partition coefficient (Wildman–Crippen LogP) is 3.23. The first-order valence-corrected chi connectivity index (χ1v) is 7.77. The second-order valence-corrected chi connectivity index (χ2v) is 6.15. The summed E-state index contributed by atoms with van der Waals surface area (Å²) in [5.41, 5.74) is 11.2. The first kappa shape index (κ1) is 14.1. The monoisotopic (exact) mass is 298 g/mol. The van der Waals surface area contributed by atoms with Gasteiger partial charge in [-0.3, -0.25) is 0 Å². The molecule has 5 heteroatoms. The van der Waals surface area contributed by atoms with E-state index in [0.29, 0.717) is 6.54 Å². The van der Waals surface area contributed by atoms with Crippen LogP contribution in [0.3, 0.4) is 0 Å². The number of nitrogens with one attached hydrogen (secondary N) is 1. The minimum absolute atomic E-state index is 0.649. The summed E-state index contributed by atoms with van der Waals surface area (Å²) in [4.78, 5) is 12.5. The van der Waals surface area contributed by atoms with Crippen molar-refractivity contribution in [2.24, 2.45) is 5.73 Å². The van der Waals surface area contributed by atoms with E-state index in [1.54, 1.807) is 11.8 Å². The molecular weight excluding hydrogens is 280 g/mol. The van der Waals surface area contributed by atoms with Crippen LogP contribution in [0.2, 0.25) is 0 Å². The molecule has 0 spiro atoms. The zero-order chi connectivity index (χ0) is 14.8. The lowest BCUT2D eigenvalue weighted by Gasteiger charge is -2.05. The Bertz CT molecular complexity index is 779. The quantitative estimate of drug-likeness (QED) is 0.776. The van der Waals surface area contributed by atoms with Crippen LogP contribution in [-0.2, 0) is 6.42 Å². The standard InChI is InChI=1S/C16H18N4S/c1-10-3-4-13-14(7-10)20-16(19-13)21-15-11(2)8-12(5-6-17)9-18-15/h3-4,7-9H,5-6,17H2,1-2H3,(H,19,20). The molecule has 0 fully saturated rings. The average molecular weight is 298 g/mol. The van der Waals surface area contributed by atoms with Crippen molar-refractivity contribution in [2.45, 2.75) is 30.5 Å². The molecular formula is C16H18N4S. The van der Waals surface area contributed by atoms with Gasteiger partial charge < -0.3 is 10.7 Å². The van der Waals surface area contributed by atoms with Crippen LogP contribution in [0.1, 0.15) is 16.7 Å². The van der Waals surface area contributed by atoms with E-state index in [4.69, 9.17) is 5.73 Å². The van der Waals surface area contributed by atoms with Crippen molar-refractivity contribution in [1.29, 1.82) is 0 Å². The van der Waals surface area contributed by atoms with E-state index in [1.165, 1.54) is 11.1 Å². The number of hydrogen-bond donors (Lipinski definition) is 2. The van der Waals surface area contributed by atoms with Crippen LogP contribution in [0.15, 0.2) is 40.6 Å². The second kappa shape index (κ2) is 5.87. The molecule has 1 aromatic carbocycles. The maximum absolute atomic E-state index is 5.58. The highest BCUT2D eigenvalue weighted by Gasteiger charge is 2.08. The summed E-state index contributed by atoms with van der Waals surface area (Å²) in [6, 6.07) is 8.37. The summed E-state index contributed by atoms with van der Waals surface area (Å²) < 4.78 is 0. The topological polar surface area (TPSA) is 67.6 Å². The van der Waals surface area contributed by atoms with Crippen molar-refractivity contribution < 1.29 is 0 Å². The Kier molecular flexibility index (Phi) is 3.94. The molecule has 0 bridgehead atoms. The highest BCUT2D eigenvalue weighted by Crippen LogP contribution is 2.28. The Morgan fingerprint density at radius 3 is 2.86 bits per heavy atom. The number of H-pyrrole nitrogens is 1. The summed E-state index contributed by atoms with van der Waals surface area (Å²) in [7, 11) is 0. The van der Waals surface area contributed by atoms with Crippen molar-refractivity contribution in [3.63, 3.8) is 0 Å². The van der Waals surface area contributed by atoms with Gasteiger partial charge in [0.05, 0.1) is 11.0 Å². The molecule has 0 radical (unpaired) electrons. The van der Waals surface area contributed by atoms with Crippen LogP contribution in [0, 0.1) is 13.8 Å². The lowest BCUT2D eigenvalue weighted by atomic mass is 10.2. The van der Waals surface area contributed by atoms with Crippen molar-refractivity contribution in [2.75, 3.05) is 6.54 Å². The van der Waals surface area contributed by atoms with Crippen molar-refractivity contribution >= 4 is 22.8 Å². The van der Waals surface area contributed by atoms with E-state index >= 15 is 0 Å².